The molecule has 0 saturated carbocycles. The number of carbonyl (C=O) groups excluding carboxylic acids is 3. The van der Waals surface area contributed by atoms with E-state index in [4.69, 9.17) is 4.42 Å². The van der Waals surface area contributed by atoms with E-state index in [9.17, 15) is 14.4 Å². The van der Waals surface area contributed by atoms with Gasteiger partial charge in [0.2, 0.25) is 17.7 Å². The Morgan fingerprint density at radius 2 is 1.92 bits per heavy atom. The van der Waals surface area contributed by atoms with Crippen molar-refractivity contribution in [3.8, 4) is 0 Å². The molecule has 26 heavy (non-hydrogen) atoms. The fourth-order valence-corrected chi connectivity index (χ4v) is 2.51. The molecule has 0 radical (unpaired) electrons. The van der Waals surface area contributed by atoms with Crippen molar-refractivity contribution in [2.75, 3.05) is 20.1 Å². The molecule has 2 N–H and O–H groups in total. The molecule has 0 aliphatic heterocycles. The first-order valence-corrected chi connectivity index (χ1v) is 9.03. The third-order valence-corrected chi connectivity index (χ3v) is 3.79. The number of amides is 3. The van der Waals surface area contributed by atoms with E-state index in [2.05, 4.69) is 10.6 Å². The van der Waals surface area contributed by atoms with Gasteiger partial charge in [-0.15, -0.1) is 0 Å². The van der Waals surface area contributed by atoms with Gasteiger partial charge < -0.3 is 20.0 Å². The number of rotatable bonds is 11. The van der Waals surface area contributed by atoms with Crippen LogP contribution >= 0.6 is 0 Å². The van der Waals surface area contributed by atoms with Gasteiger partial charge in [0.15, 0.2) is 0 Å². The molecule has 1 heterocycles. The molecular formula is C19H29N3O4. The van der Waals surface area contributed by atoms with E-state index in [-0.39, 0.29) is 24.7 Å². The van der Waals surface area contributed by atoms with Crippen LogP contribution in [0.1, 0.15) is 45.3 Å². The van der Waals surface area contributed by atoms with E-state index in [1.54, 1.807) is 24.1 Å². The number of furan rings is 1. The second kappa shape index (κ2) is 11.9. The zero-order valence-electron chi connectivity index (χ0n) is 15.8. The number of hydrogen-bond donors (Lipinski definition) is 2. The van der Waals surface area contributed by atoms with Crippen molar-refractivity contribution in [2.24, 2.45) is 0 Å². The molecule has 1 rings (SSSR count). The fraction of sp³-hybridized carbons (Fsp3) is 0.526. The Bertz CT molecular complexity index is 590. The minimum Gasteiger partial charge on any atom is -0.465 e. The second-order valence-electron chi connectivity index (χ2n) is 5.95. The van der Waals surface area contributed by atoms with Crippen molar-refractivity contribution in [2.45, 2.75) is 45.6 Å². The molecule has 7 heteroatoms. The maximum Gasteiger partial charge on any atom is 0.245 e. The Kier molecular flexibility index (Phi) is 9.82. The lowest BCUT2D eigenvalue weighted by Crippen LogP contribution is -2.49. The summed E-state index contributed by atoms with van der Waals surface area (Å²) in [5.41, 5.74) is 0. The molecule has 0 aliphatic rings. The van der Waals surface area contributed by atoms with Crippen molar-refractivity contribution in [1.82, 2.24) is 15.5 Å². The number of hydrogen-bond acceptors (Lipinski definition) is 4. The second-order valence-corrected chi connectivity index (χ2v) is 5.95. The summed E-state index contributed by atoms with van der Waals surface area (Å²) in [6, 6.07) is 2.71. The molecule has 0 aliphatic carbocycles. The third-order valence-electron chi connectivity index (χ3n) is 3.79. The van der Waals surface area contributed by atoms with Crippen LogP contribution in [0.5, 0.6) is 0 Å². The van der Waals surface area contributed by atoms with Crippen molar-refractivity contribution in [3.63, 3.8) is 0 Å². The molecule has 1 aromatic rings. The highest BCUT2D eigenvalue weighted by Crippen LogP contribution is 2.07. The standard InChI is InChI=1S/C19H29N3O4/c1-4-12-22(13-5-2)19(25)16(9-11-17(23)20-3)21-18(24)10-8-15-7-6-14-26-15/h6-8,10,14,16H,4-5,9,11-13H2,1-3H3,(H,20,23)(H,21,24). The van der Waals surface area contributed by atoms with Crippen LogP contribution in [0.25, 0.3) is 6.08 Å². The first-order chi connectivity index (χ1) is 12.5. The molecule has 0 bridgehead atoms. The van der Waals surface area contributed by atoms with Crippen LogP contribution < -0.4 is 10.6 Å². The summed E-state index contributed by atoms with van der Waals surface area (Å²) in [6.45, 7) is 5.25. The highest BCUT2D eigenvalue weighted by molar-refractivity contribution is 5.95. The van der Waals surface area contributed by atoms with E-state index in [1.807, 2.05) is 13.8 Å². The van der Waals surface area contributed by atoms with E-state index in [1.165, 1.54) is 18.4 Å². The topological polar surface area (TPSA) is 91.7 Å². The summed E-state index contributed by atoms with van der Waals surface area (Å²) in [5, 5.41) is 5.25. The van der Waals surface area contributed by atoms with Gasteiger partial charge in [-0.25, -0.2) is 0 Å². The lowest BCUT2D eigenvalue weighted by Gasteiger charge is -2.27. The maximum absolute atomic E-state index is 12.8. The third kappa shape index (κ3) is 7.55. The normalized spacial score (nSPS) is 12.0. The van der Waals surface area contributed by atoms with Crippen molar-refractivity contribution in [1.29, 1.82) is 0 Å². The van der Waals surface area contributed by atoms with Gasteiger partial charge >= 0.3 is 0 Å². The molecule has 1 atom stereocenters. The van der Waals surface area contributed by atoms with Crippen LogP contribution in [-0.2, 0) is 14.4 Å². The smallest absolute Gasteiger partial charge is 0.245 e. The maximum atomic E-state index is 12.8. The van der Waals surface area contributed by atoms with E-state index in [0.29, 0.717) is 18.8 Å². The first-order valence-electron chi connectivity index (χ1n) is 9.03. The van der Waals surface area contributed by atoms with E-state index in [0.717, 1.165) is 12.8 Å². The van der Waals surface area contributed by atoms with Gasteiger partial charge in [-0.05, 0) is 37.5 Å². The molecule has 7 nitrogen and oxygen atoms in total. The largest absolute Gasteiger partial charge is 0.465 e. The molecule has 3 amide bonds. The van der Waals surface area contributed by atoms with Gasteiger partial charge in [-0.1, -0.05) is 13.8 Å². The summed E-state index contributed by atoms with van der Waals surface area (Å²) in [6.07, 6.45) is 6.46. The van der Waals surface area contributed by atoms with Crippen LogP contribution in [0.15, 0.2) is 28.9 Å². The molecule has 0 saturated heterocycles. The summed E-state index contributed by atoms with van der Waals surface area (Å²) < 4.78 is 5.14. The Balaban J connectivity index is 2.79. The van der Waals surface area contributed by atoms with Gasteiger partial charge in [0, 0.05) is 32.6 Å². The van der Waals surface area contributed by atoms with Crippen molar-refractivity contribution >= 4 is 23.8 Å². The highest BCUT2D eigenvalue weighted by atomic mass is 16.3. The summed E-state index contributed by atoms with van der Waals surface area (Å²) in [5.74, 6) is -0.172. The van der Waals surface area contributed by atoms with Crippen molar-refractivity contribution < 1.29 is 18.8 Å². The molecule has 0 fully saturated rings. The van der Waals surface area contributed by atoms with Crippen LogP contribution in [0.3, 0.4) is 0 Å². The minimum absolute atomic E-state index is 0.155. The average Bonchev–Trinajstić information content (AvgIpc) is 3.16. The minimum atomic E-state index is -0.737. The Morgan fingerprint density at radius 3 is 2.46 bits per heavy atom. The number of nitrogens with one attached hydrogen (secondary N) is 2. The zero-order chi connectivity index (χ0) is 19.4. The fourth-order valence-electron chi connectivity index (χ4n) is 2.51. The Labute approximate surface area is 154 Å². The monoisotopic (exact) mass is 363 g/mol. The number of carbonyl (C=O) groups is 3. The molecule has 0 aromatic carbocycles. The van der Waals surface area contributed by atoms with Gasteiger partial charge in [0.1, 0.15) is 11.8 Å². The first kappa shape index (κ1) is 21.5. The van der Waals surface area contributed by atoms with Crippen LogP contribution in [0.2, 0.25) is 0 Å². The molecule has 0 spiro atoms. The number of nitrogens with zero attached hydrogens (tertiary/aromatic N) is 1. The predicted octanol–water partition coefficient (Wildman–Crippen LogP) is 1.95. The van der Waals surface area contributed by atoms with Gasteiger partial charge in [0.25, 0.3) is 0 Å². The summed E-state index contributed by atoms with van der Waals surface area (Å²) in [4.78, 5) is 38.3. The van der Waals surface area contributed by atoms with E-state index < -0.39 is 11.9 Å². The van der Waals surface area contributed by atoms with Crippen molar-refractivity contribution in [3.05, 3.63) is 30.2 Å². The van der Waals surface area contributed by atoms with Gasteiger partial charge in [0.05, 0.1) is 6.26 Å². The SMILES string of the molecule is CCCN(CCC)C(=O)C(CCC(=O)NC)NC(=O)C=Cc1ccco1. The lowest BCUT2D eigenvalue weighted by atomic mass is 10.1. The van der Waals surface area contributed by atoms with Gasteiger partial charge in [-0.3, -0.25) is 14.4 Å². The van der Waals surface area contributed by atoms with Crippen LogP contribution in [0.4, 0.5) is 0 Å². The lowest BCUT2D eigenvalue weighted by molar-refractivity contribution is -0.136. The highest BCUT2D eigenvalue weighted by Gasteiger charge is 2.25. The quantitative estimate of drug-likeness (QED) is 0.588. The van der Waals surface area contributed by atoms with E-state index >= 15 is 0 Å². The zero-order valence-corrected chi connectivity index (χ0v) is 15.8. The Morgan fingerprint density at radius 1 is 1.23 bits per heavy atom. The molecule has 1 aromatic heterocycles. The van der Waals surface area contributed by atoms with Crippen LogP contribution in [0, 0.1) is 0 Å². The molecular weight excluding hydrogens is 334 g/mol. The summed E-state index contributed by atoms with van der Waals surface area (Å²) >= 11 is 0. The Hall–Kier alpha value is -2.57. The van der Waals surface area contributed by atoms with Crippen LogP contribution in [-0.4, -0.2) is 48.8 Å². The molecule has 1 unspecified atom stereocenters. The van der Waals surface area contributed by atoms with Gasteiger partial charge in [-0.2, -0.15) is 0 Å². The summed E-state index contributed by atoms with van der Waals surface area (Å²) in [7, 11) is 1.55. The predicted molar refractivity (Wildman–Crippen MR) is 100 cm³/mol. The molecule has 144 valence electrons. The average molecular weight is 363 g/mol.